The van der Waals surface area contributed by atoms with E-state index in [4.69, 9.17) is 0 Å². The minimum atomic E-state index is 0.701. The average Bonchev–Trinajstić information content (AvgIpc) is 3.36. The highest BCUT2D eigenvalue weighted by Gasteiger charge is 2.40. The molecule has 0 spiro atoms. The standard InChI is InChI=1S/C22H14S/c1-2-4-14-8-17-11-19-12-20-15(5-6-21-22(20)23-21)9-18(19)10-16(17)7-13(14)3-1/h1-12,21-22H. The Hall–Kier alpha value is -2.25. The molecule has 4 aromatic carbocycles. The van der Waals surface area contributed by atoms with E-state index in [0.29, 0.717) is 5.25 Å². The molecular formula is C22H14S. The van der Waals surface area contributed by atoms with Crippen molar-refractivity contribution in [1.82, 2.24) is 0 Å². The Morgan fingerprint density at radius 1 is 0.652 bits per heavy atom. The van der Waals surface area contributed by atoms with Crippen LogP contribution in [0.1, 0.15) is 16.4 Å². The molecule has 23 heavy (non-hydrogen) atoms. The van der Waals surface area contributed by atoms with Gasteiger partial charge in [-0.25, -0.2) is 0 Å². The number of hydrogen-bond donors (Lipinski definition) is 0. The van der Waals surface area contributed by atoms with E-state index in [1.807, 2.05) is 0 Å². The van der Waals surface area contributed by atoms with Crippen molar-refractivity contribution in [2.75, 3.05) is 0 Å². The smallest absolute Gasteiger partial charge is 0.0463 e. The molecule has 1 saturated heterocycles. The molecule has 0 bridgehead atoms. The zero-order valence-corrected chi connectivity index (χ0v) is 13.3. The van der Waals surface area contributed by atoms with Gasteiger partial charge in [0.05, 0.1) is 0 Å². The molecule has 108 valence electrons. The fraction of sp³-hybridized carbons (Fsp3) is 0.0909. The van der Waals surface area contributed by atoms with Gasteiger partial charge in [0.1, 0.15) is 0 Å². The number of rotatable bonds is 0. The first-order valence-corrected chi connectivity index (χ1v) is 9.03. The van der Waals surface area contributed by atoms with Gasteiger partial charge in [-0.15, -0.1) is 11.8 Å². The fourth-order valence-corrected chi connectivity index (χ4v) is 4.89. The van der Waals surface area contributed by atoms with Crippen LogP contribution in [-0.2, 0) is 0 Å². The summed E-state index contributed by atoms with van der Waals surface area (Å²) in [6.45, 7) is 0. The minimum absolute atomic E-state index is 0.701. The van der Waals surface area contributed by atoms with Crippen molar-refractivity contribution in [2.24, 2.45) is 0 Å². The van der Waals surface area contributed by atoms with Gasteiger partial charge in [-0.2, -0.15) is 0 Å². The highest BCUT2D eigenvalue weighted by atomic mass is 32.2. The topological polar surface area (TPSA) is 0 Å². The summed E-state index contributed by atoms with van der Waals surface area (Å²) in [6.07, 6.45) is 4.67. The second-order valence-corrected chi connectivity index (χ2v) is 7.93. The van der Waals surface area contributed by atoms with Gasteiger partial charge in [-0.1, -0.05) is 36.4 Å². The maximum Gasteiger partial charge on any atom is 0.0463 e. The van der Waals surface area contributed by atoms with E-state index in [1.54, 1.807) is 0 Å². The van der Waals surface area contributed by atoms with Gasteiger partial charge < -0.3 is 0 Å². The summed E-state index contributed by atoms with van der Waals surface area (Å²) in [5.41, 5.74) is 2.93. The van der Waals surface area contributed by atoms with Gasteiger partial charge in [-0.05, 0) is 79.8 Å². The first-order valence-electron chi connectivity index (χ1n) is 8.09. The molecule has 1 aliphatic heterocycles. The molecule has 2 unspecified atom stereocenters. The van der Waals surface area contributed by atoms with Crippen molar-refractivity contribution < 1.29 is 0 Å². The summed E-state index contributed by atoms with van der Waals surface area (Å²) in [5, 5.41) is 9.44. The lowest BCUT2D eigenvalue weighted by Crippen LogP contribution is -1.95. The third-order valence-corrected chi connectivity index (χ3v) is 6.43. The van der Waals surface area contributed by atoms with Gasteiger partial charge in [0.2, 0.25) is 0 Å². The fourth-order valence-electron chi connectivity index (χ4n) is 3.89. The lowest BCUT2D eigenvalue weighted by atomic mass is 9.92. The number of hydrogen-bond acceptors (Lipinski definition) is 1. The lowest BCUT2D eigenvalue weighted by Gasteiger charge is -2.12. The lowest BCUT2D eigenvalue weighted by molar-refractivity contribution is 1.10. The van der Waals surface area contributed by atoms with Crippen LogP contribution < -0.4 is 0 Å². The van der Waals surface area contributed by atoms with E-state index in [9.17, 15) is 0 Å². The Morgan fingerprint density at radius 2 is 1.26 bits per heavy atom. The maximum atomic E-state index is 2.42. The second-order valence-electron chi connectivity index (χ2n) is 6.61. The zero-order valence-electron chi connectivity index (χ0n) is 12.5. The predicted molar refractivity (Wildman–Crippen MR) is 102 cm³/mol. The van der Waals surface area contributed by atoms with Gasteiger partial charge in [-0.3, -0.25) is 0 Å². The SMILES string of the molecule is C1=CC2SC2c2cc3cc4cc5ccccc5cc4cc3cc21. The molecule has 0 radical (unpaired) electrons. The molecule has 1 heterocycles. The molecular weight excluding hydrogens is 296 g/mol. The molecule has 1 aliphatic carbocycles. The molecule has 1 heteroatoms. The van der Waals surface area contributed by atoms with Crippen LogP contribution in [0.3, 0.4) is 0 Å². The summed E-state index contributed by atoms with van der Waals surface area (Å²) in [5.74, 6) is 0. The predicted octanol–water partition coefficient (Wildman–Crippen LogP) is 6.33. The summed E-state index contributed by atoms with van der Waals surface area (Å²) < 4.78 is 0. The largest absolute Gasteiger partial charge is 0.143 e. The van der Waals surface area contributed by atoms with Crippen LogP contribution in [0.4, 0.5) is 0 Å². The molecule has 0 N–H and O–H groups in total. The van der Waals surface area contributed by atoms with Crippen molar-refractivity contribution in [3.63, 3.8) is 0 Å². The maximum absolute atomic E-state index is 2.42. The van der Waals surface area contributed by atoms with E-state index < -0.39 is 0 Å². The van der Waals surface area contributed by atoms with Crippen LogP contribution in [0.15, 0.2) is 66.7 Å². The van der Waals surface area contributed by atoms with Crippen LogP contribution >= 0.6 is 11.8 Å². The van der Waals surface area contributed by atoms with E-state index in [2.05, 4.69) is 84.6 Å². The van der Waals surface area contributed by atoms with Gasteiger partial charge >= 0.3 is 0 Å². The molecule has 0 aromatic heterocycles. The first kappa shape index (κ1) is 12.2. The number of benzene rings is 4. The van der Waals surface area contributed by atoms with Crippen molar-refractivity contribution >= 4 is 50.2 Å². The van der Waals surface area contributed by atoms with E-state index in [1.165, 1.54) is 43.4 Å². The monoisotopic (exact) mass is 310 g/mol. The van der Waals surface area contributed by atoms with Gasteiger partial charge in [0.15, 0.2) is 0 Å². The Balaban J connectivity index is 1.69. The highest BCUT2D eigenvalue weighted by Crippen LogP contribution is 2.59. The third kappa shape index (κ3) is 1.74. The number of thioether (sulfide) groups is 1. The van der Waals surface area contributed by atoms with Crippen LogP contribution in [0.5, 0.6) is 0 Å². The van der Waals surface area contributed by atoms with E-state index in [0.717, 1.165) is 5.25 Å². The normalized spacial score (nSPS) is 21.6. The summed E-state index contributed by atoms with van der Waals surface area (Å²) in [4.78, 5) is 0. The Morgan fingerprint density at radius 3 is 2.00 bits per heavy atom. The molecule has 4 aromatic rings. The van der Waals surface area contributed by atoms with Crippen molar-refractivity contribution in [2.45, 2.75) is 10.5 Å². The highest BCUT2D eigenvalue weighted by molar-refractivity contribution is 8.07. The second kappa shape index (κ2) is 4.18. The van der Waals surface area contributed by atoms with Crippen LogP contribution in [0.25, 0.3) is 38.4 Å². The molecule has 0 saturated carbocycles. The van der Waals surface area contributed by atoms with Crippen LogP contribution in [0.2, 0.25) is 0 Å². The van der Waals surface area contributed by atoms with Crippen molar-refractivity contribution in [3.8, 4) is 0 Å². The molecule has 6 rings (SSSR count). The summed E-state index contributed by atoms with van der Waals surface area (Å²) >= 11 is 2.07. The molecule has 1 fully saturated rings. The molecule has 0 amide bonds. The van der Waals surface area contributed by atoms with Crippen LogP contribution in [-0.4, -0.2) is 5.25 Å². The summed E-state index contributed by atoms with van der Waals surface area (Å²) in [7, 11) is 0. The summed E-state index contributed by atoms with van der Waals surface area (Å²) in [6, 6.07) is 22.7. The number of fused-ring (bicyclic) bond motifs is 6. The van der Waals surface area contributed by atoms with Crippen LogP contribution in [0, 0.1) is 0 Å². The van der Waals surface area contributed by atoms with Gasteiger partial charge in [0, 0.05) is 10.5 Å². The van der Waals surface area contributed by atoms with E-state index >= 15 is 0 Å². The molecule has 2 atom stereocenters. The van der Waals surface area contributed by atoms with Crippen molar-refractivity contribution in [1.29, 1.82) is 0 Å². The average molecular weight is 310 g/mol. The molecule has 2 aliphatic rings. The Kier molecular flexibility index (Phi) is 2.22. The zero-order chi connectivity index (χ0) is 15.0. The van der Waals surface area contributed by atoms with Crippen molar-refractivity contribution in [3.05, 3.63) is 77.9 Å². The van der Waals surface area contributed by atoms with Gasteiger partial charge in [0.25, 0.3) is 0 Å². The minimum Gasteiger partial charge on any atom is -0.143 e. The Bertz CT molecular complexity index is 1150. The van der Waals surface area contributed by atoms with E-state index in [-0.39, 0.29) is 0 Å². The Labute approximate surface area is 138 Å². The molecule has 0 nitrogen and oxygen atoms in total. The quantitative estimate of drug-likeness (QED) is 0.270. The third-order valence-electron chi connectivity index (χ3n) is 5.16. The first-order chi connectivity index (χ1) is 11.3.